The van der Waals surface area contributed by atoms with Crippen molar-refractivity contribution < 1.29 is 43.0 Å². The van der Waals surface area contributed by atoms with E-state index in [1.54, 1.807) is 20.8 Å². The van der Waals surface area contributed by atoms with Gasteiger partial charge in [-0.2, -0.15) is 0 Å². The van der Waals surface area contributed by atoms with Gasteiger partial charge in [0.1, 0.15) is 12.2 Å². The van der Waals surface area contributed by atoms with Crippen molar-refractivity contribution in [3.05, 3.63) is 35.9 Å². The summed E-state index contributed by atoms with van der Waals surface area (Å²) in [5.74, 6) is -2.99. The zero-order chi connectivity index (χ0) is 39.1. The third-order valence-electron chi connectivity index (χ3n) is 10.5. The lowest BCUT2D eigenvalue weighted by Gasteiger charge is -2.21. The molecule has 298 valence electrons. The van der Waals surface area contributed by atoms with Gasteiger partial charge in [-0.3, -0.25) is 28.8 Å². The number of hydrogen-bond acceptors (Lipinski definition) is 9. The molecule has 0 radical (unpaired) electrons. The first-order chi connectivity index (χ1) is 25.8. The molecule has 1 aromatic carbocycles. The summed E-state index contributed by atoms with van der Waals surface area (Å²) >= 11 is 0. The minimum atomic E-state index is -0.688. The van der Waals surface area contributed by atoms with E-state index in [-0.39, 0.29) is 110 Å². The molecular formula is C39H58N6O9. The van der Waals surface area contributed by atoms with Crippen LogP contribution >= 0.6 is 0 Å². The lowest BCUT2D eigenvalue weighted by atomic mass is 9.94. The lowest BCUT2D eigenvalue weighted by Crippen LogP contribution is -2.45. The largest absolute Gasteiger partial charge is 0.461 e. The van der Waals surface area contributed by atoms with Gasteiger partial charge in [0.2, 0.25) is 29.5 Å². The Labute approximate surface area is 317 Å². The van der Waals surface area contributed by atoms with Gasteiger partial charge in [0.25, 0.3) is 0 Å². The first-order valence-corrected chi connectivity index (χ1v) is 19.3. The van der Waals surface area contributed by atoms with E-state index in [4.69, 9.17) is 9.47 Å². The number of benzene rings is 1. The molecule has 6 atom stereocenters. The lowest BCUT2D eigenvalue weighted by molar-refractivity contribution is -0.151. The topological polar surface area (TPSA) is 210 Å². The molecule has 0 aliphatic heterocycles. The van der Waals surface area contributed by atoms with Crippen molar-refractivity contribution in [2.24, 2.45) is 35.5 Å². The zero-order valence-corrected chi connectivity index (χ0v) is 31.8. The highest BCUT2D eigenvalue weighted by Crippen LogP contribution is 2.33. The maximum atomic E-state index is 13.0. The van der Waals surface area contributed by atoms with Gasteiger partial charge in [-0.25, -0.2) is 4.79 Å². The van der Waals surface area contributed by atoms with Crippen LogP contribution in [0.2, 0.25) is 0 Å². The molecule has 3 aliphatic carbocycles. The molecule has 0 bridgehead atoms. The number of carbonyl (C=O) groups is 7. The fourth-order valence-electron chi connectivity index (χ4n) is 7.67. The molecular weight excluding hydrogens is 696 g/mol. The number of alkyl carbamates (subject to hydrolysis) is 1. The normalized spacial score (nSPS) is 23.5. The third-order valence-corrected chi connectivity index (χ3v) is 10.5. The van der Waals surface area contributed by atoms with Gasteiger partial charge in [0.15, 0.2) is 0 Å². The van der Waals surface area contributed by atoms with Crippen molar-refractivity contribution in [2.75, 3.05) is 39.3 Å². The Hall–Kier alpha value is -4.69. The van der Waals surface area contributed by atoms with Gasteiger partial charge >= 0.3 is 12.1 Å². The summed E-state index contributed by atoms with van der Waals surface area (Å²) in [6.45, 7) is 5.66. The summed E-state index contributed by atoms with van der Waals surface area (Å²) in [6.07, 6.45) is 6.17. The van der Waals surface area contributed by atoms with Gasteiger partial charge in [-0.05, 0) is 82.6 Å². The average Bonchev–Trinajstić information content (AvgIpc) is 3.93. The molecule has 1 aromatic rings. The molecule has 15 heteroatoms. The standard InChI is InChI=1S/C39H58N6O9/c1-39(2,3)54-38(52)45-23-34(48)41-19-27-13-8-16-30(27)36(50)43-21-32(46)40-18-26-12-7-15-29(26)35(49)44-22-33(47)42-20-28-14-9-17-31(28)37(51)53-24-25-10-5-4-6-11-25/h4-6,10-11,26-31H,7-9,12-24H2,1-3H3,(H,40,46)(H,41,48)(H,42,47)(H,43,50)(H,44,49)(H,45,52)/t26-,27-,28-,29+,30+,31+/m0/s1. The zero-order valence-electron chi connectivity index (χ0n) is 31.8. The Kier molecular flexibility index (Phi) is 16.1. The fourth-order valence-corrected chi connectivity index (χ4v) is 7.67. The summed E-state index contributed by atoms with van der Waals surface area (Å²) < 4.78 is 10.7. The van der Waals surface area contributed by atoms with Crippen molar-refractivity contribution >= 4 is 41.6 Å². The smallest absolute Gasteiger partial charge is 0.408 e. The predicted molar refractivity (Wildman–Crippen MR) is 198 cm³/mol. The number of esters is 1. The molecule has 0 spiro atoms. The third kappa shape index (κ3) is 13.9. The Morgan fingerprint density at radius 2 is 1.00 bits per heavy atom. The minimum absolute atomic E-state index is 0.0194. The first kappa shape index (κ1) is 42.1. The summed E-state index contributed by atoms with van der Waals surface area (Å²) in [5.41, 5.74) is 0.244. The Balaban J connectivity index is 1.09. The van der Waals surface area contributed by atoms with Crippen molar-refractivity contribution in [3.63, 3.8) is 0 Å². The van der Waals surface area contributed by atoms with Crippen LogP contribution in [0.25, 0.3) is 0 Å². The quantitative estimate of drug-likeness (QED) is 0.129. The number of nitrogens with one attached hydrogen (secondary N) is 6. The van der Waals surface area contributed by atoms with E-state index >= 15 is 0 Å². The molecule has 6 N–H and O–H groups in total. The van der Waals surface area contributed by atoms with Crippen molar-refractivity contribution in [3.8, 4) is 0 Å². The van der Waals surface area contributed by atoms with E-state index in [0.717, 1.165) is 50.5 Å². The highest BCUT2D eigenvalue weighted by Gasteiger charge is 2.36. The Morgan fingerprint density at radius 3 is 1.46 bits per heavy atom. The molecule has 4 rings (SSSR count). The van der Waals surface area contributed by atoms with Crippen LogP contribution in [0.15, 0.2) is 30.3 Å². The fraction of sp³-hybridized carbons (Fsp3) is 0.667. The van der Waals surface area contributed by atoms with Crippen LogP contribution in [-0.4, -0.2) is 86.5 Å². The maximum absolute atomic E-state index is 13.0. The second-order valence-electron chi connectivity index (χ2n) is 15.7. The van der Waals surface area contributed by atoms with Crippen LogP contribution in [-0.2, 0) is 44.8 Å². The second-order valence-corrected chi connectivity index (χ2v) is 15.7. The molecule has 6 amide bonds. The first-order valence-electron chi connectivity index (χ1n) is 19.3. The van der Waals surface area contributed by atoms with E-state index in [1.165, 1.54) is 0 Å². The SMILES string of the molecule is CC(C)(C)OC(=O)NCC(=O)NC[C@@H]1CCC[C@H]1C(=O)NCC(=O)NC[C@@H]1CCC[C@H]1C(=O)NCC(=O)NC[C@@H]1CCC[C@H]1C(=O)OCc1ccccc1. The highest BCUT2D eigenvalue weighted by molar-refractivity contribution is 5.87. The van der Waals surface area contributed by atoms with E-state index in [1.807, 2.05) is 30.3 Å². The number of amides is 6. The van der Waals surface area contributed by atoms with Crippen LogP contribution in [0.3, 0.4) is 0 Å². The van der Waals surface area contributed by atoms with Gasteiger partial charge in [-0.15, -0.1) is 0 Å². The molecule has 0 aromatic heterocycles. The molecule has 3 fully saturated rings. The monoisotopic (exact) mass is 754 g/mol. The van der Waals surface area contributed by atoms with Crippen LogP contribution in [0.1, 0.15) is 84.1 Å². The van der Waals surface area contributed by atoms with Gasteiger partial charge in [0.05, 0.1) is 25.6 Å². The minimum Gasteiger partial charge on any atom is -0.461 e. The highest BCUT2D eigenvalue weighted by atomic mass is 16.6. The second kappa shape index (κ2) is 20.7. The summed E-state index contributed by atoms with van der Waals surface area (Å²) in [5, 5.41) is 16.3. The van der Waals surface area contributed by atoms with Gasteiger partial charge in [0, 0.05) is 31.5 Å². The van der Waals surface area contributed by atoms with Crippen molar-refractivity contribution in [2.45, 2.75) is 90.8 Å². The van der Waals surface area contributed by atoms with Crippen LogP contribution in [0.4, 0.5) is 4.79 Å². The summed E-state index contributed by atoms with van der Waals surface area (Å²) in [6, 6.07) is 9.49. The maximum Gasteiger partial charge on any atom is 0.408 e. The Bertz CT molecular complexity index is 1470. The summed E-state index contributed by atoms with van der Waals surface area (Å²) in [7, 11) is 0. The number of rotatable bonds is 17. The average molecular weight is 755 g/mol. The van der Waals surface area contributed by atoms with Gasteiger partial charge < -0.3 is 41.4 Å². The van der Waals surface area contributed by atoms with Crippen LogP contribution in [0, 0.1) is 35.5 Å². The summed E-state index contributed by atoms with van der Waals surface area (Å²) in [4.78, 5) is 88.0. The number of ether oxygens (including phenoxy) is 2. The molecule has 3 saturated carbocycles. The van der Waals surface area contributed by atoms with E-state index < -0.39 is 11.7 Å². The molecule has 54 heavy (non-hydrogen) atoms. The molecule has 0 heterocycles. The van der Waals surface area contributed by atoms with Crippen molar-refractivity contribution in [1.82, 2.24) is 31.9 Å². The Morgan fingerprint density at radius 1 is 0.574 bits per heavy atom. The van der Waals surface area contributed by atoms with Crippen molar-refractivity contribution in [1.29, 1.82) is 0 Å². The predicted octanol–water partition coefficient (Wildman–Crippen LogP) is 2.08. The number of hydrogen-bond donors (Lipinski definition) is 6. The molecule has 0 saturated heterocycles. The van der Waals surface area contributed by atoms with Crippen LogP contribution < -0.4 is 31.9 Å². The molecule has 3 aliphatic rings. The van der Waals surface area contributed by atoms with Crippen LogP contribution in [0.5, 0.6) is 0 Å². The molecule has 0 unspecified atom stereocenters. The van der Waals surface area contributed by atoms with E-state index in [0.29, 0.717) is 19.4 Å². The number of carbonyl (C=O) groups excluding carboxylic acids is 7. The van der Waals surface area contributed by atoms with E-state index in [9.17, 15) is 33.6 Å². The van der Waals surface area contributed by atoms with E-state index in [2.05, 4.69) is 31.9 Å². The van der Waals surface area contributed by atoms with Gasteiger partial charge in [-0.1, -0.05) is 49.6 Å². The molecule has 15 nitrogen and oxygen atoms in total.